The molecule has 0 fully saturated rings. The molecule has 0 unspecified atom stereocenters. The largest absolute Gasteiger partial charge is 2.00 e. The molecular weight excluding hydrogens is 714 g/mol. The van der Waals surface area contributed by atoms with Crippen molar-refractivity contribution in [3.05, 3.63) is 147 Å². The normalized spacial score (nSPS) is 10.0. The number of hydrogen-bond acceptors (Lipinski definition) is 8. The summed E-state index contributed by atoms with van der Waals surface area (Å²) in [5.74, 6) is 0. The van der Waals surface area contributed by atoms with Crippen molar-refractivity contribution >= 4 is 28.2 Å². The Morgan fingerprint density at radius 2 is 0.860 bits per heavy atom. The molecule has 0 saturated heterocycles. The number of fused-ring (bicyclic) bond motifs is 1. The fraction of sp³-hybridized carbons (Fsp3) is 0.256. The van der Waals surface area contributed by atoms with Crippen molar-refractivity contribution in [2.45, 2.75) is 34.6 Å². The van der Waals surface area contributed by atoms with E-state index in [-0.39, 0.29) is 34.1 Å². The second-order valence-electron chi connectivity index (χ2n) is 9.05. The Kier molecular flexibility index (Phi) is 37.4. The maximum atomic E-state index is 6.25. The van der Waals surface area contributed by atoms with E-state index in [1.807, 2.05) is 0 Å². The molecule has 0 saturated carbocycles. The molecule has 0 aliphatic heterocycles. The second kappa shape index (κ2) is 34.7. The van der Waals surface area contributed by atoms with Crippen LogP contribution in [0.2, 0.25) is 0 Å². The van der Waals surface area contributed by atoms with Crippen LogP contribution in [-0.4, -0.2) is 38.4 Å². The third-order valence-electron chi connectivity index (χ3n) is 7.13. The zero-order valence-electron chi connectivity index (χ0n) is 28.9. The fourth-order valence-electron chi connectivity index (χ4n) is 5.19. The summed E-state index contributed by atoms with van der Waals surface area (Å²) >= 11 is 0. The SMILES string of the molecule is CC[NH+]=C1C=CC(=C(c2ccc(N(CC)CC)cc2)c2ccc(N(CC)CC)cc2)c2ccccc21.[C-]#N.[C-]#N.[C-]#N.[C-]#N.[C-]#N.[C-]#N.[Cu+].[Fe+2]. The molecule has 11 heteroatoms. The molecule has 0 radical (unpaired) electrons. The first-order valence-corrected chi connectivity index (χ1v) is 14.8. The third kappa shape index (κ3) is 15.1. The molecule has 1 N–H and O–H groups in total. The van der Waals surface area contributed by atoms with Gasteiger partial charge in [-0.05, 0) is 98.9 Å². The smallest absolute Gasteiger partial charge is 0.512 e. The van der Waals surface area contributed by atoms with Gasteiger partial charge in [0.2, 0.25) is 5.71 Å². The van der Waals surface area contributed by atoms with Crippen LogP contribution in [0.5, 0.6) is 0 Å². The van der Waals surface area contributed by atoms with Crippen LogP contribution >= 0.6 is 0 Å². The Hall–Kier alpha value is -5.61. The first-order valence-electron chi connectivity index (χ1n) is 14.8. The van der Waals surface area contributed by atoms with Crippen molar-refractivity contribution in [3.63, 3.8) is 0 Å². The molecule has 4 rings (SSSR count). The van der Waals surface area contributed by atoms with Crippen LogP contribution in [0, 0.1) is 71.0 Å². The molecule has 1 aliphatic carbocycles. The summed E-state index contributed by atoms with van der Waals surface area (Å²) in [5, 5.41) is 37.5. The summed E-state index contributed by atoms with van der Waals surface area (Å²) in [7, 11) is 0. The zero-order chi connectivity index (χ0) is 37.5. The minimum atomic E-state index is 0. The fourth-order valence-corrected chi connectivity index (χ4v) is 5.19. The number of allylic oxidation sites excluding steroid dienone is 3. The van der Waals surface area contributed by atoms with Gasteiger partial charge in [0.1, 0.15) is 6.54 Å². The topological polar surface area (TPSA) is 163 Å². The van der Waals surface area contributed by atoms with Gasteiger partial charge in [0.15, 0.2) is 0 Å². The number of benzene rings is 3. The van der Waals surface area contributed by atoms with Gasteiger partial charge < -0.3 is 80.8 Å². The van der Waals surface area contributed by atoms with E-state index in [0.717, 1.165) is 32.7 Å². The van der Waals surface area contributed by atoms with E-state index < -0.39 is 0 Å². The van der Waals surface area contributed by atoms with E-state index in [4.69, 9.17) is 71.0 Å². The summed E-state index contributed by atoms with van der Waals surface area (Å²) in [6, 6.07) is 27.0. The van der Waals surface area contributed by atoms with Gasteiger partial charge in [-0.15, -0.1) is 0 Å². The van der Waals surface area contributed by atoms with Gasteiger partial charge in [-0.1, -0.05) is 42.5 Å². The minimum absolute atomic E-state index is 0. The van der Waals surface area contributed by atoms with Crippen LogP contribution in [0.4, 0.5) is 11.4 Å². The molecule has 0 aromatic heterocycles. The molecular formula is C39H40CuFeN9-2. The van der Waals surface area contributed by atoms with Crippen molar-refractivity contribution < 1.29 is 39.1 Å². The molecule has 1 aliphatic rings. The Morgan fingerprint density at radius 3 is 1.18 bits per heavy atom. The molecule has 0 bridgehead atoms. The maximum absolute atomic E-state index is 6.25. The molecule has 3 aromatic rings. The first-order chi connectivity index (χ1) is 23.6. The number of nitrogens with zero attached hydrogens (tertiary/aromatic N) is 8. The van der Waals surface area contributed by atoms with Gasteiger partial charge in [0.05, 0.1) is 5.56 Å². The Morgan fingerprint density at radius 1 is 0.520 bits per heavy atom. The van der Waals surface area contributed by atoms with Crippen LogP contribution < -0.4 is 14.8 Å². The van der Waals surface area contributed by atoms with Crippen molar-refractivity contribution in [2.24, 2.45) is 0 Å². The van der Waals surface area contributed by atoms with E-state index in [0.29, 0.717) is 0 Å². The summed E-state index contributed by atoms with van der Waals surface area (Å²) in [4.78, 5) is 8.33. The first kappa shape index (κ1) is 53.9. The number of nitrogens with one attached hydrogen (secondary N) is 1. The third-order valence-corrected chi connectivity index (χ3v) is 7.13. The summed E-state index contributed by atoms with van der Waals surface area (Å²) < 4.78 is 0. The van der Waals surface area contributed by atoms with Gasteiger partial charge in [-0.25, -0.2) is 4.99 Å². The predicted octanol–water partition coefficient (Wildman–Crippen LogP) is 6.37. The Balaban J connectivity index is -0.000000437. The molecule has 262 valence electrons. The zero-order valence-corrected chi connectivity index (χ0v) is 30.9. The van der Waals surface area contributed by atoms with E-state index in [1.165, 1.54) is 50.5 Å². The van der Waals surface area contributed by atoms with Crippen LogP contribution in [0.25, 0.3) is 11.1 Å². The molecule has 50 heavy (non-hydrogen) atoms. The van der Waals surface area contributed by atoms with E-state index in [9.17, 15) is 0 Å². The van der Waals surface area contributed by atoms with Crippen molar-refractivity contribution in [3.8, 4) is 0 Å². The van der Waals surface area contributed by atoms with E-state index >= 15 is 0 Å². The molecule has 0 atom stereocenters. The predicted molar refractivity (Wildman–Crippen MR) is 187 cm³/mol. The van der Waals surface area contributed by atoms with E-state index in [2.05, 4.69) is 134 Å². The van der Waals surface area contributed by atoms with E-state index in [1.54, 1.807) is 0 Å². The molecule has 0 amide bonds. The van der Waals surface area contributed by atoms with Crippen molar-refractivity contribution in [1.82, 2.24) is 0 Å². The number of hydrogen-bond donors (Lipinski definition) is 1. The average Bonchev–Trinajstić information content (AvgIpc) is 3.19. The number of rotatable bonds is 9. The van der Waals surface area contributed by atoms with Gasteiger partial charge in [-0.2, -0.15) is 0 Å². The summed E-state index contributed by atoms with van der Waals surface area (Å²) in [6.45, 7) is 44.4. The Labute approximate surface area is 321 Å². The maximum Gasteiger partial charge on any atom is 2.00 e. The van der Waals surface area contributed by atoms with Gasteiger partial charge in [0.25, 0.3) is 0 Å². The van der Waals surface area contributed by atoms with Gasteiger partial charge in [0, 0.05) is 43.6 Å². The van der Waals surface area contributed by atoms with Crippen LogP contribution in [0.1, 0.15) is 56.9 Å². The average molecular weight is 754 g/mol. The van der Waals surface area contributed by atoms with Crippen molar-refractivity contribution in [2.75, 3.05) is 42.5 Å². The molecule has 0 heterocycles. The van der Waals surface area contributed by atoms with Gasteiger partial charge >= 0.3 is 34.1 Å². The van der Waals surface area contributed by atoms with Gasteiger partial charge in [-0.3, -0.25) is 0 Å². The van der Waals surface area contributed by atoms with Crippen LogP contribution in [0.3, 0.4) is 0 Å². The quantitative estimate of drug-likeness (QED) is 0.195. The van der Waals surface area contributed by atoms with Crippen molar-refractivity contribution in [1.29, 1.82) is 31.6 Å². The molecule has 0 spiro atoms. The minimum Gasteiger partial charge on any atom is -0.512 e. The molecule has 3 aromatic carbocycles. The van der Waals surface area contributed by atoms with Crippen LogP contribution in [0.15, 0.2) is 84.9 Å². The summed E-state index contributed by atoms with van der Waals surface area (Å²) in [5.41, 5.74) is 11.3. The second-order valence-corrected chi connectivity index (χ2v) is 9.05. The Bertz CT molecular complexity index is 1430. The summed E-state index contributed by atoms with van der Waals surface area (Å²) in [6.07, 6.45) is 4.52. The standard InChI is InChI=1S/C33H39N3.6CN.Cu.Fe/c1-6-34-32-24-23-31(29-13-11-12-14-30(29)32)33(25-15-19-27(20-16-25)35(7-2)8-3)26-17-21-28(22-18-26)36(9-4)10-5;6*1-2;;/h11-24H,6-10H2,1-5H3;;;;;;;;/q;6*-1;+1;+2/p+1. The van der Waals surface area contributed by atoms with Crippen LogP contribution in [-0.2, 0) is 34.1 Å². The monoisotopic (exact) mass is 753 g/mol. The number of anilines is 2. The molecule has 9 nitrogen and oxygen atoms in total.